The molecule has 5 nitrogen and oxygen atoms in total. The van der Waals surface area contributed by atoms with E-state index in [1.54, 1.807) is 17.3 Å². The molecular weight excluding hydrogens is 280 g/mol. The molecule has 1 amide bonds. The standard InChI is InChI=1S/C17H18N2O3/c20-17(13-21-14-5-2-1-3-6-14)19-10-8-16(12-19)22-15-7-4-9-18-11-15/h1-7,9,11,16H,8,10,12-13H2. The zero-order valence-corrected chi connectivity index (χ0v) is 12.2. The number of likely N-dealkylation sites (tertiary alicyclic amines) is 1. The highest BCUT2D eigenvalue weighted by atomic mass is 16.5. The van der Waals surface area contributed by atoms with E-state index in [-0.39, 0.29) is 18.6 Å². The number of para-hydroxylation sites is 1. The van der Waals surface area contributed by atoms with Crippen LogP contribution in [0.1, 0.15) is 6.42 Å². The maximum Gasteiger partial charge on any atom is 0.260 e. The van der Waals surface area contributed by atoms with Crippen LogP contribution in [0, 0.1) is 0 Å². The van der Waals surface area contributed by atoms with Gasteiger partial charge in [-0.15, -0.1) is 0 Å². The first-order valence-electron chi connectivity index (χ1n) is 7.33. The average molecular weight is 298 g/mol. The normalized spacial score (nSPS) is 17.3. The number of hydrogen-bond donors (Lipinski definition) is 0. The lowest BCUT2D eigenvalue weighted by Crippen LogP contribution is -2.34. The number of aromatic nitrogens is 1. The van der Waals surface area contributed by atoms with Gasteiger partial charge in [-0.2, -0.15) is 0 Å². The molecular formula is C17H18N2O3. The van der Waals surface area contributed by atoms with Crippen LogP contribution in [0.5, 0.6) is 11.5 Å². The predicted octanol–water partition coefficient (Wildman–Crippen LogP) is 2.14. The molecule has 0 aliphatic carbocycles. The van der Waals surface area contributed by atoms with Crippen LogP contribution >= 0.6 is 0 Å². The fourth-order valence-corrected chi connectivity index (χ4v) is 2.41. The summed E-state index contributed by atoms with van der Waals surface area (Å²) in [4.78, 5) is 17.9. The molecule has 114 valence electrons. The largest absolute Gasteiger partial charge is 0.487 e. The zero-order chi connectivity index (χ0) is 15.2. The van der Waals surface area contributed by atoms with Gasteiger partial charge in [0.05, 0.1) is 12.7 Å². The number of rotatable bonds is 5. The zero-order valence-electron chi connectivity index (χ0n) is 12.2. The maximum absolute atomic E-state index is 12.1. The van der Waals surface area contributed by atoms with Gasteiger partial charge in [0.25, 0.3) is 5.91 Å². The summed E-state index contributed by atoms with van der Waals surface area (Å²) in [7, 11) is 0. The number of hydrogen-bond acceptors (Lipinski definition) is 4. The Morgan fingerprint density at radius 2 is 2.00 bits per heavy atom. The highest BCUT2D eigenvalue weighted by molar-refractivity contribution is 5.78. The topological polar surface area (TPSA) is 51.7 Å². The van der Waals surface area contributed by atoms with Gasteiger partial charge in [-0.3, -0.25) is 9.78 Å². The average Bonchev–Trinajstić information content (AvgIpc) is 3.03. The van der Waals surface area contributed by atoms with Gasteiger partial charge in [-0.25, -0.2) is 0 Å². The summed E-state index contributed by atoms with van der Waals surface area (Å²) in [6, 6.07) is 13.1. The van der Waals surface area contributed by atoms with Crippen molar-refractivity contribution in [2.24, 2.45) is 0 Å². The highest BCUT2D eigenvalue weighted by Crippen LogP contribution is 2.17. The number of nitrogens with zero attached hydrogens (tertiary/aromatic N) is 2. The number of pyridine rings is 1. The first-order chi connectivity index (χ1) is 10.8. The molecule has 1 aromatic heterocycles. The Balaban J connectivity index is 1.46. The summed E-state index contributed by atoms with van der Waals surface area (Å²) in [6.07, 6.45) is 4.23. The monoisotopic (exact) mass is 298 g/mol. The fraction of sp³-hybridized carbons (Fsp3) is 0.294. The third-order valence-corrected chi connectivity index (χ3v) is 3.54. The number of ether oxygens (including phenoxy) is 2. The SMILES string of the molecule is O=C(COc1ccccc1)N1CCC(Oc2cccnc2)C1. The molecule has 0 radical (unpaired) electrons. The minimum absolute atomic E-state index is 0.0128. The third kappa shape index (κ3) is 3.75. The molecule has 0 bridgehead atoms. The number of carbonyl (C=O) groups is 1. The predicted molar refractivity (Wildman–Crippen MR) is 81.8 cm³/mol. The van der Waals surface area contributed by atoms with E-state index in [0.717, 1.165) is 12.2 Å². The van der Waals surface area contributed by atoms with Crippen molar-refractivity contribution in [2.75, 3.05) is 19.7 Å². The van der Waals surface area contributed by atoms with E-state index >= 15 is 0 Å². The van der Waals surface area contributed by atoms with Gasteiger partial charge < -0.3 is 14.4 Å². The van der Waals surface area contributed by atoms with Gasteiger partial charge in [0.2, 0.25) is 0 Å². The van der Waals surface area contributed by atoms with Crippen LogP contribution < -0.4 is 9.47 Å². The third-order valence-electron chi connectivity index (χ3n) is 3.54. The summed E-state index contributed by atoms with van der Waals surface area (Å²) < 4.78 is 11.3. The molecule has 1 saturated heterocycles. The van der Waals surface area contributed by atoms with E-state index in [9.17, 15) is 4.79 Å². The molecule has 3 rings (SSSR count). The Morgan fingerprint density at radius 3 is 2.77 bits per heavy atom. The molecule has 1 aromatic carbocycles. The van der Waals surface area contributed by atoms with Crippen molar-refractivity contribution in [1.29, 1.82) is 0 Å². The van der Waals surface area contributed by atoms with Crippen molar-refractivity contribution in [1.82, 2.24) is 9.88 Å². The van der Waals surface area contributed by atoms with E-state index in [0.29, 0.717) is 18.8 Å². The van der Waals surface area contributed by atoms with Gasteiger partial charge >= 0.3 is 0 Å². The molecule has 1 aliphatic rings. The molecule has 5 heteroatoms. The molecule has 1 atom stereocenters. The Labute approximate surface area is 129 Å². The van der Waals surface area contributed by atoms with Gasteiger partial charge in [0, 0.05) is 19.2 Å². The lowest BCUT2D eigenvalue weighted by Gasteiger charge is -2.17. The molecule has 2 aromatic rings. The first kappa shape index (κ1) is 14.4. The van der Waals surface area contributed by atoms with Crippen molar-refractivity contribution >= 4 is 5.91 Å². The molecule has 1 aliphatic heterocycles. The summed E-state index contributed by atoms with van der Waals surface area (Å²) in [6.45, 7) is 1.34. The molecule has 2 heterocycles. The molecule has 0 N–H and O–H groups in total. The van der Waals surface area contributed by atoms with Crippen molar-refractivity contribution in [3.05, 3.63) is 54.9 Å². The van der Waals surface area contributed by atoms with Crippen LogP contribution in [0.3, 0.4) is 0 Å². The Kier molecular flexibility index (Phi) is 4.53. The van der Waals surface area contributed by atoms with E-state index in [1.165, 1.54) is 0 Å². The second-order valence-electron chi connectivity index (χ2n) is 5.16. The minimum Gasteiger partial charge on any atom is -0.487 e. The van der Waals surface area contributed by atoms with Gasteiger partial charge in [0.15, 0.2) is 6.61 Å². The lowest BCUT2D eigenvalue weighted by molar-refractivity contribution is -0.132. The van der Waals surface area contributed by atoms with E-state index < -0.39 is 0 Å². The second kappa shape index (κ2) is 6.93. The van der Waals surface area contributed by atoms with Crippen molar-refractivity contribution in [3.8, 4) is 11.5 Å². The molecule has 22 heavy (non-hydrogen) atoms. The summed E-state index contributed by atoms with van der Waals surface area (Å²) in [5, 5.41) is 0. The quantitative estimate of drug-likeness (QED) is 0.848. The van der Waals surface area contributed by atoms with Gasteiger partial charge in [-0.1, -0.05) is 18.2 Å². The summed E-state index contributed by atoms with van der Waals surface area (Å²) in [5.74, 6) is 1.43. The molecule has 1 unspecified atom stereocenters. The highest BCUT2D eigenvalue weighted by Gasteiger charge is 2.27. The Bertz CT molecular complexity index is 604. The summed E-state index contributed by atoms with van der Waals surface area (Å²) >= 11 is 0. The second-order valence-corrected chi connectivity index (χ2v) is 5.16. The van der Waals surface area contributed by atoms with Gasteiger partial charge in [0.1, 0.15) is 17.6 Å². The number of carbonyl (C=O) groups excluding carboxylic acids is 1. The van der Waals surface area contributed by atoms with Crippen LogP contribution in [-0.4, -0.2) is 41.6 Å². The van der Waals surface area contributed by atoms with Crippen LogP contribution in [0.2, 0.25) is 0 Å². The van der Waals surface area contributed by atoms with E-state index in [4.69, 9.17) is 9.47 Å². The number of benzene rings is 1. The number of amides is 1. The Hall–Kier alpha value is -2.56. The van der Waals surface area contributed by atoms with Crippen molar-refractivity contribution in [2.45, 2.75) is 12.5 Å². The fourth-order valence-electron chi connectivity index (χ4n) is 2.41. The van der Waals surface area contributed by atoms with Crippen molar-refractivity contribution < 1.29 is 14.3 Å². The molecule has 1 fully saturated rings. The maximum atomic E-state index is 12.1. The lowest BCUT2D eigenvalue weighted by atomic mass is 10.3. The van der Waals surface area contributed by atoms with Crippen LogP contribution in [-0.2, 0) is 4.79 Å². The molecule has 0 spiro atoms. The van der Waals surface area contributed by atoms with Crippen LogP contribution in [0.4, 0.5) is 0 Å². The smallest absolute Gasteiger partial charge is 0.260 e. The Morgan fingerprint density at radius 1 is 1.18 bits per heavy atom. The minimum atomic E-state index is -0.0128. The summed E-state index contributed by atoms with van der Waals surface area (Å²) in [5.41, 5.74) is 0. The molecule has 0 saturated carbocycles. The van der Waals surface area contributed by atoms with E-state index in [2.05, 4.69) is 4.98 Å². The van der Waals surface area contributed by atoms with Gasteiger partial charge in [-0.05, 0) is 24.3 Å². The first-order valence-corrected chi connectivity index (χ1v) is 7.33. The van der Waals surface area contributed by atoms with E-state index in [1.807, 2.05) is 42.5 Å². The van der Waals surface area contributed by atoms with Crippen molar-refractivity contribution in [3.63, 3.8) is 0 Å². The van der Waals surface area contributed by atoms with Crippen LogP contribution in [0.25, 0.3) is 0 Å². The van der Waals surface area contributed by atoms with Crippen LogP contribution in [0.15, 0.2) is 54.9 Å².